The van der Waals surface area contributed by atoms with Gasteiger partial charge < -0.3 is 25.1 Å². The minimum Gasteiger partial charge on any atom is -0.469 e. The number of methoxy groups -OCH3 is 3. The molecule has 2 atom stereocenters. The maximum absolute atomic E-state index is 12.2. The molecule has 0 bridgehead atoms. The number of hydrazine groups is 1. The van der Waals surface area contributed by atoms with E-state index in [2.05, 4.69) is 19.6 Å². The highest BCUT2D eigenvalue weighted by atomic mass is 16.5. The lowest BCUT2D eigenvalue weighted by molar-refractivity contribution is -0.179. The van der Waals surface area contributed by atoms with Gasteiger partial charge in [0.25, 0.3) is 0 Å². The first-order chi connectivity index (χ1) is 11.1. The van der Waals surface area contributed by atoms with Crippen molar-refractivity contribution in [1.82, 2.24) is 10.4 Å². The zero-order valence-electron chi connectivity index (χ0n) is 13.6. The number of nitrogens with zero attached hydrogens (tertiary/aromatic N) is 1. The van der Waals surface area contributed by atoms with E-state index in [1.165, 1.54) is 6.92 Å². The van der Waals surface area contributed by atoms with Crippen molar-refractivity contribution < 1.29 is 38.5 Å². The van der Waals surface area contributed by atoms with E-state index >= 15 is 0 Å². The van der Waals surface area contributed by atoms with Crippen LogP contribution in [0.15, 0.2) is 11.3 Å². The number of aliphatic hydroxyl groups is 1. The first-order valence-corrected chi connectivity index (χ1v) is 6.66. The molecule has 134 valence electrons. The predicted octanol–water partition coefficient (Wildman–Crippen LogP) is -1.63. The summed E-state index contributed by atoms with van der Waals surface area (Å²) in [6, 6.07) is -1.09. The topological polar surface area (TPSA) is 157 Å². The molecule has 2 unspecified atom stereocenters. The van der Waals surface area contributed by atoms with Crippen LogP contribution in [0.25, 0.3) is 0 Å². The van der Waals surface area contributed by atoms with Crippen LogP contribution in [-0.2, 0) is 28.6 Å². The molecule has 0 saturated carbocycles. The second kappa shape index (κ2) is 7.17. The van der Waals surface area contributed by atoms with Gasteiger partial charge in [-0.1, -0.05) is 0 Å². The van der Waals surface area contributed by atoms with E-state index in [0.717, 1.165) is 26.3 Å². The highest BCUT2D eigenvalue weighted by Crippen LogP contribution is 2.42. The summed E-state index contributed by atoms with van der Waals surface area (Å²) in [4.78, 5) is 47.1. The number of amides is 2. The van der Waals surface area contributed by atoms with E-state index in [4.69, 9.17) is 5.73 Å². The number of carbonyl (C=O) groups is 4. The lowest BCUT2D eigenvalue weighted by Gasteiger charge is -2.37. The molecule has 0 saturated heterocycles. The van der Waals surface area contributed by atoms with Crippen LogP contribution in [0, 0.1) is 5.92 Å². The largest absolute Gasteiger partial charge is 0.469 e. The maximum Gasteiger partial charge on any atom is 0.336 e. The summed E-state index contributed by atoms with van der Waals surface area (Å²) in [5.41, 5.74) is 4.42. The second-order valence-electron chi connectivity index (χ2n) is 4.89. The van der Waals surface area contributed by atoms with Crippen LogP contribution in [0.5, 0.6) is 0 Å². The summed E-state index contributed by atoms with van der Waals surface area (Å²) in [5.74, 6) is -4.50. The molecule has 0 aromatic carbocycles. The second-order valence-corrected chi connectivity index (χ2v) is 4.89. The van der Waals surface area contributed by atoms with Crippen LogP contribution in [0.3, 0.4) is 0 Å². The molecule has 2 amide bonds. The Hall–Kier alpha value is -2.82. The monoisotopic (exact) mass is 345 g/mol. The zero-order valence-corrected chi connectivity index (χ0v) is 13.6. The SMILES string of the molecule is COC(=O)CC1(O)C(C(=O)OC)C(C(=O)OC)=C(C)N1NC(N)=O. The number of esters is 3. The molecule has 0 aromatic heterocycles. The molecule has 0 aromatic rings. The van der Waals surface area contributed by atoms with Crippen molar-refractivity contribution >= 4 is 23.9 Å². The number of allylic oxidation sites excluding steroid dienone is 1. The van der Waals surface area contributed by atoms with Gasteiger partial charge in [-0.25, -0.2) is 15.0 Å². The first kappa shape index (κ1) is 19.2. The third kappa shape index (κ3) is 3.25. The zero-order chi connectivity index (χ0) is 18.7. The van der Waals surface area contributed by atoms with Gasteiger partial charge in [0.05, 0.1) is 33.3 Å². The van der Waals surface area contributed by atoms with Gasteiger partial charge in [0.15, 0.2) is 5.72 Å². The molecule has 0 spiro atoms. The minimum atomic E-state index is -2.37. The molecule has 1 rings (SSSR count). The van der Waals surface area contributed by atoms with E-state index in [9.17, 15) is 24.3 Å². The molecule has 0 fully saturated rings. The van der Waals surface area contributed by atoms with Gasteiger partial charge in [-0.05, 0) is 6.92 Å². The summed E-state index contributed by atoms with van der Waals surface area (Å²) in [5, 5.41) is 11.7. The lowest BCUT2D eigenvalue weighted by atomic mass is 9.88. The number of carbonyl (C=O) groups excluding carboxylic acids is 4. The number of ether oxygens (including phenoxy) is 3. The Kier molecular flexibility index (Phi) is 5.74. The Morgan fingerprint density at radius 2 is 1.79 bits per heavy atom. The number of hydrogen-bond acceptors (Lipinski definition) is 9. The molecule has 11 nitrogen and oxygen atoms in total. The molecule has 24 heavy (non-hydrogen) atoms. The molecule has 1 heterocycles. The number of primary amides is 1. The van der Waals surface area contributed by atoms with Crippen molar-refractivity contribution in [1.29, 1.82) is 0 Å². The van der Waals surface area contributed by atoms with Crippen LogP contribution in [0.2, 0.25) is 0 Å². The summed E-state index contributed by atoms with van der Waals surface area (Å²) >= 11 is 0. The quantitative estimate of drug-likeness (QED) is 0.393. The summed E-state index contributed by atoms with van der Waals surface area (Å²) < 4.78 is 13.7. The number of urea groups is 1. The Balaban J connectivity index is 3.54. The van der Waals surface area contributed by atoms with Gasteiger partial charge in [-0.15, -0.1) is 0 Å². The van der Waals surface area contributed by atoms with Crippen molar-refractivity contribution in [2.24, 2.45) is 11.7 Å². The lowest BCUT2D eigenvalue weighted by Crippen LogP contribution is -2.60. The molecule has 0 aliphatic carbocycles. The van der Waals surface area contributed by atoms with E-state index in [0.29, 0.717) is 0 Å². The number of nitrogens with one attached hydrogen (secondary N) is 1. The Bertz CT molecular complexity index is 602. The average molecular weight is 345 g/mol. The molecular formula is C13H19N3O8. The smallest absolute Gasteiger partial charge is 0.336 e. The van der Waals surface area contributed by atoms with Crippen LogP contribution < -0.4 is 11.2 Å². The third-order valence-corrected chi connectivity index (χ3v) is 3.56. The van der Waals surface area contributed by atoms with Crippen molar-refractivity contribution in [2.75, 3.05) is 21.3 Å². The Labute approximate surface area is 137 Å². The number of rotatable bonds is 5. The summed E-state index contributed by atoms with van der Waals surface area (Å²) in [6.45, 7) is 1.33. The fourth-order valence-electron chi connectivity index (χ4n) is 2.54. The van der Waals surface area contributed by atoms with Gasteiger partial charge in [0.2, 0.25) is 0 Å². The average Bonchev–Trinajstić information content (AvgIpc) is 2.74. The highest BCUT2D eigenvalue weighted by Gasteiger charge is 2.59. The van der Waals surface area contributed by atoms with Crippen molar-refractivity contribution in [3.05, 3.63) is 11.3 Å². The third-order valence-electron chi connectivity index (χ3n) is 3.56. The van der Waals surface area contributed by atoms with Gasteiger partial charge in [-0.2, -0.15) is 0 Å². The Morgan fingerprint density at radius 3 is 2.21 bits per heavy atom. The number of nitrogens with two attached hydrogens (primary N) is 1. The first-order valence-electron chi connectivity index (χ1n) is 6.66. The standard InChI is InChI=1S/C13H19N3O8/c1-6-8(10(18)23-3)9(11(19)24-4)13(21,5-7(17)22-2)16(6)15-12(14)20/h9,21H,5H2,1-4H3,(H3,14,15,20). The van der Waals surface area contributed by atoms with Crippen LogP contribution in [0.4, 0.5) is 4.79 Å². The van der Waals surface area contributed by atoms with E-state index < -0.39 is 42.0 Å². The van der Waals surface area contributed by atoms with E-state index in [-0.39, 0.29) is 11.3 Å². The minimum absolute atomic E-state index is 0.0394. The Morgan fingerprint density at radius 1 is 1.21 bits per heavy atom. The highest BCUT2D eigenvalue weighted by molar-refractivity contribution is 5.98. The molecule has 4 N–H and O–H groups in total. The molecular weight excluding hydrogens is 326 g/mol. The fourth-order valence-corrected chi connectivity index (χ4v) is 2.54. The summed E-state index contributed by atoms with van der Waals surface area (Å²) in [6.07, 6.45) is -0.763. The van der Waals surface area contributed by atoms with Crippen LogP contribution >= 0.6 is 0 Å². The van der Waals surface area contributed by atoms with Crippen molar-refractivity contribution in [2.45, 2.75) is 19.1 Å². The van der Waals surface area contributed by atoms with Gasteiger partial charge >= 0.3 is 23.9 Å². The van der Waals surface area contributed by atoms with Crippen LogP contribution in [-0.4, -0.2) is 61.1 Å². The molecule has 0 radical (unpaired) electrons. The van der Waals surface area contributed by atoms with E-state index in [1.54, 1.807) is 0 Å². The predicted molar refractivity (Wildman–Crippen MR) is 76.4 cm³/mol. The van der Waals surface area contributed by atoms with Crippen molar-refractivity contribution in [3.8, 4) is 0 Å². The molecule has 1 aliphatic rings. The van der Waals surface area contributed by atoms with Gasteiger partial charge in [0.1, 0.15) is 5.92 Å². The van der Waals surface area contributed by atoms with Gasteiger partial charge in [0, 0.05) is 5.70 Å². The van der Waals surface area contributed by atoms with Crippen LogP contribution in [0.1, 0.15) is 13.3 Å². The van der Waals surface area contributed by atoms with E-state index in [1.807, 2.05) is 0 Å². The van der Waals surface area contributed by atoms with Crippen molar-refractivity contribution in [3.63, 3.8) is 0 Å². The summed E-state index contributed by atoms with van der Waals surface area (Å²) in [7, 11) is 3.18. The number of hydrogen-bond donors (Lipinski definition) is 3. The molecule has 1 aliphatic heterocycles. The molecule has 11 heteroatoms. The fraction of sp³-hybridized carbons (Fsp3) is 0.538. The maximum atomic E-state index is 12.2. The van der Waals surface area contributed by atoms with Gasteiger partial charge in [-0.3, -0.25) is 14.6 Å². The normalized spacial score (nSPS) is 22.9.